The van der Waals surface area contributed by atoms with Crippen molar-refractivity contribution < 1.29 is 18.1 Å². The molecule has 0 amide bonds. The van der Waals surface area contributed by atoms with Gasteiger partial charge in [-0.25, -0.2) is 0 Å². The highest BCUT2D eigenvalue weighted by atomic mass is 31.2. The molecule has 0 aliphatic heterocycles. The van der Waals surface area contributed by atoms with Gasteiger partial charge in [-0.2, -0.15) is 0 Å². The number of carbonyl (C=O) groups is 1. The number of hydrogen-bond acceptors (Lipinski definition) is 4. The van der Waals surface area contributed by atoms with Crippen molar-refractivity contribution in [1.29, 1.82) is 0 Å². The Morgan fingerprint density at radius 2 is 1.75 bits per heavy atom. The molecule has 16 heavy (non-hydrogen) atoms. The van der Waals surface area contributed by atoms with Gasteiger partial charge in [0, 0.05) is 0 Å². The third-order valence-corrected chi connectivity index (χ3v) is 4.92. The van der Waals surface area contributed by atoms with Crippen LogP contribution in [0.2, 0.25) is 19.6 Å². The second-order valence-corrected chi connectivity index (χ2v) is 11.3. The average Bonchev–Trinajstić information content (AvgIpc) is 1.99. The molecule has 0 N–H and O–H groups in total. The van der Waals surface area contributed by atoms with Crippen molar-refractivity contribution in [1.82, 2.24) is 0 Å². The van der Waals surface area contributed by atoms with E-state index in [1.54, 1.807) is 0 Å². The molecule has 0 radical (unpaired) electrons. The summed E-state index contributed by atoms with van der Waals surface area (Å²) >= 11 is 0. The molecule has 0 fully saturated rings. The van der Waals surface area contributed by atoms with Crippen LogP contribution in [0.1, 0.15) is 27.7 Å². The van der Waals surface area contributed by atoms with Crippen LogP contribution in [-0.2, 0) is 18.1 Å². The maximum absolute atomic E-state index is 11.7. The molecule has 0 aromatic rings. The van der Waals surface area contributed by atoms with Crippen LogP contribution in [0, 0.1) is 5.41 Å². The average molecular weight is 266 g/mol. The maximum Gasteiger partial charge on any atom is 0.388 e. The number of hydrogen-bond donors (Lipinski definition) is 0. The Bertz CT molecular complexity index is 232. The van der Waals surface area contributed by atoms with Gasteiger partial charge < -0.3 is 13.3 Å². The second kappa shape index (κ2) is 6.10. The lowest BCUT2D eigenvalue weighted by molar-refractivity contribution is -0.143. The molecule has 0 aliphatic carbocycles. The highest BCUT2D eigenvalue weighted by Crippen LogP contribution is 2.44. The van der Waals surface area contributed by atoms with Crippen LogP contribution in [0.4, 0.5) is 0 Å². The fourth-order valence-corrected chi connectivity index (χ4v) is 3.43. The monoisotopic (exact) mass is 266 g/mol. The minimum absolute atomic E-state index is 0.287. The summed E-state index contributed by atoms with van der Waals surface area (Å²) in [5.41, 5.74) is -0.527. The summed E-state index contributed by atoms with van der Waals surface area (Å²) in [5.74, 6) is -0.287. The van der Waals surface area contributed by atoms with Gasteiger partial charge in [0.25, 0.3) is 0 Å². The minimum Gasteiger partial charge on any atom is -0.394 e. The van der Waals surface area contributed by atoms with Gasteiger partial charge in [0.2, 0.25) is 0 Å². The van der Waals surface area contributed by atoms with Gasteiger partial charge in [-0.05, 0) is 47.3 Å². The lowest BCUT2D eigenvalue weighted by Gasteiger charge is -2.25. The molecule has 1 atom stereocenters. The SMILES string of the molecule is CCOP(OC(=O)C(C)(C)C)O[Si](C)(C)C. The minimum atomic E-state index is -1.76. The van der Waals surface area contributed by atoms with Gasteiger partial charge >= 0.3 is 14.6 Å². The normalized spacial score (nSPS) is 14.7. The van der Waals surface area contributed by atoms with E-state index in [0.29, 0.717) is 6.61 Å². The lowest BCUT2D eigenvalue weighted by atomic mass is 9.98. The molecule has 0 spiro atoms. The van der Waals surface area contributed by atoms with E-state index in [4.69, 9.17) is 13.3 Å². The van der Waals surface area contributed by atoms with Crippen molar-refractivity contribution in [3.63, 3.8) is 0 Å². The predicted octanol–water partition coefficient (Wildman–Crippen LogP) is 3.69. The molecule has 0 aromatic heterocycles. The van der Waals surface area contributed by atoms with Gasteiger partial charge in [0.15, 0.2) is 8.32 Å². The molecule has 0 saturated carbocycles. The van der Waals surface area contributed by atoms with E-state index in [9.17, 15) is 4.79 Å². The first kappa shape index (κ1) is 16.0. The number of rotatable bonds is 5. The van der Waals surface area contributed by atoms with Crippen molar-refractivity contribution in [3.05, 3.63) is 0 Å². The Balaban J connectivity index is 4.40. The largest absolute Gasteiger partial charge is 0.394 e. The van der Waals surface area contributed by atoms with E-state index < -0.39 is 22.3 Å². The van der Waals surface area contributed by atoms with Gasteiger partial charge in [-0.1, -0.05) is 0 Å². The highest BCUT2D eigenvalue weighted by Gasteiger charge is 2.31. The van der Waals surface area contributed by atoms with Crippen molar-refractivity contribution in [2.75, 3.05) is 6.61 Å². The van der Waals surface area contributed by atoms with Gasteiger partial charge in [-0.3, -0.25) is 4.79 Å². The van der Waals surface area contributed by atoms with Crippen molar-refractivity contribution in [3.8, 4) is 0 Å². The Labute approximate surface area is 101 Å². The van der Waals surface area contributed by atoms with E-state index in [1.165, 1.54) is 0 Å². The van der Waals surface area contributed by atoms with Crippen molar-refractivity contribution in [2.24, 2.45) is 5.41 Å². The Hall–Kier alpha value is 0.0369. The highest BCUT2D eigenvalue weighted by molar-refractivity contribution is 7.44. The van der Waals surface area contributed by atoms with E-state index in [0.717, 1.165) is 0 Å². The van der Waals surface area contributed by atoms with E-state index in [-0.39, 0.29) is 5.97 Å². The zero-order valence-corrected chi connectivity index (χ0v) is 13.2. The molecular formula is C10H23O4PSi. The fourth-order valence-electron chi connectivity index (χ4n) is 0.605. The molecule has 0 bridgehead atoms. The van der Waals surface area contributed by atoms with Crippen LogP contribution >= 0.6 is 8.60 Å². The molecule has 1 unspecified atom stereocenters. The summed E-state index contributed by atoms with van der Waals surface area (Å²) in [4.78, 5) is 11.7. The second-order valence-electron chi connectivity index (χ2n) is 5.47. The van der Waals surface area contributed by atoms with Crippen LogP contribution in [0.15, 0.2) is 0 Å². The van der Waals surface area contributed by atoms with Gasteiger partial charge in [0.05, 0.1) is 12.0 Å². The van der Waals surface area contributed by atoms with Crippen LogP contribution < -0.4 is 0 Å². The third kappa shape index (κ3) is 7.33. The van der Waals surface area contributed by atoms with Crippen LogP contribution in [-0.4, -0.2) is 20.9 Å². The summed E-state index contributed by atoms with van der Waals surface area (Å²) in [5, 5.41) is 0. The molecule has 96 valence electrons. The standard InChI is InChI=1S/C10H23O4PSi/c1-8-12-15(14-16(5,6)7)13-9(11)10(2,3)4/h8H2,1-7H3. The first-order chi connectivity index (χ1) is 7.06. The molecule has 0 aromatic carbocycles. The molecule has 6 heteroatoms. The summed E-state index contributed by atoms with van der Waals surface area (Å²) in [6.07, 6.45) is 0. The molecule has 0 saturated heterocycles. The zero-order valence-electron chi connectivity index (χ0n) is 11.3. The lowest BCUT2D eigenvalue weighted by Crippen LogP contribution is -2.26. The first-order valence-corrected chi connectivity index (χ1v) is 9.91. The smallest absolute Gasteiger partial charge is 0.388 e. The first-order valence-electron chi connectivity index (χ1n) is 5.41. The summed E-state index contributed by atoms with van der Waals surface area (Å²) in [6, 6.07) is 0. The Morgan fingerprint density at radius 1 is 1.25 bits per heavy atom. The topological polar surface area (TPSA) is 44.8 Å². The molecule has 0 heterocycles. The quantitative estimate of drug-likeness (QED) is 0.562. The predicted molar refractivity (Wildman–Crippen MR) is 68.5 cm³/mol. The van der Waals surface area contributed by atoms with E-state index in [2.05, 4.69) is 0 Å². The fraction of sp³-hybridized carbons (Fsp3) is 0.900. The van der Waals surface area contributed by atoms with E-state index in [1.807, 2.05) is 47.3 Å². The number of carbonyl (C=O) groups excluding carboxylic acids is 1. The van der Waals surface area contributed by atoms with Crippen LogP contribution in [0.3, 0.4) is 0 Å². The van der Waals surface area contributed by atoms with Crippen LogP contribution in [0.25, 0.3) is 0 Å². The van der Waals surface area contributed by atoms with Crippen molar-refractivity contribution >= 4 is 22.9 Å². The van der Waals surface area contributed by atoms with Crippen LogP contribution in [0.5, 0.6) is 0 Å². The van der Waals surface area contributed by atoms with Gasteiger partial charge in [-0.15, -0.1) is 0 Å². The Morgan fingerprint density at radius 3 is 2.06 bits per heavy atom. The zero-order chi connectivity index (χ0) is 13.0. The summed E-state index contributed by atoms with van der Waals surface area (Å²) in [6.45, 7) is 13.9. The molecule has 4 nitrogen and oxygen atoms in total. The summed E-state index contributed by atoms with van der Waals surface area (Å²) < 4.78 is 16.2. The van der Waals surface area contributed by atoms with Crippen molar-refractivity contribution in [2.45, 2.75) is 47.3 Å². The Kier molecular flexibility index (Phi) is 6.12. The van der Waals surface area contributed by atoms with Gasteiger partial charge in [0.1, 0.15) is 0 Å². The summed E-state index contributed by atoms with van der Waals surface area (Å²) in [7, 11) is -3.30. The third-order valence-electron chi connectivity index (χ3n) is 1.35. The molecular weight excluding hydrogens is 243 g/mol. The maximum atomic E-state index is 11.7. The molecule has 0 rings (SSSR count). The van der Waals surface area contributed by atoms with E-state index >= 15 is 0 Å². The molecule has 0 aliphatic rings.